The monoisotopic (exact) mass is 466 g/mol. The number of aliphatic carboxylic acids is 1. The van der Waals surface area contributed by atoms with Crippen LogP contribution < -0.4 is 4.74 Å². The van der Waals surface area contributed by atoms with Crippen LogP contribution in [0.3, 0.4) is 0 Å². The van der Waals surface area contributed by atoms with Crippen molar-refractivity contribution in [2.24, 2.45) is 0 Å². The summed E-state index contributed by atoms with van der Waals surface area (Å²) in [5, 5.41) is 13.2. The highest BCUT2D eigenvalue weighted by Gasteiger charge is 2.23. The molecule has 0 spiro atoms. The van der Waals surface area contributed by atoms with Crippen molar-refractivity contribution in [1.29, 1.82) is 0 Å². The lowest BCUT2D eigenvalue weighted by molar-refractivity contribution is -0.139. The molecule has 0 radical (unpaired) electrons. The quantitative estimate of drug-likeness (QED) is 0.360. The number of carboxylic acids is 1. The maximum Gasteiger partial charge on any atom is 0.341 e. The molecule has 0 unspecified atom stereocenters. The average Bonchev–Trinajstić information content (AvgIpc) is 3.36. The second-order valence-corrected chi connectivity index (χ2v) is 8.55. The maximum absolute atomic E-state index is 10.9. The van der Waals surface area contributed by atoms with Gasteiger partial charge in [-0.2, -0.15) is 4.98 Å². The summed E-state index contributed by atoms with van der Waals surface area (Å²) in [5.74, 6) is 0.743. The molecule has 6 heteroatoms. The SMILES string of the molecule is O=C(O)COc1cccc2c1CCCC2=CCc1noc(C(c2ccccc2)c2ccccc2)n1. The molecule has 3 aromatic carbocycles. The van der Waals surface area contributed by atoms with Crippen LogP contribution in [-0.2, 0) is 17.6 Å². The van der Waals surface area contributed by atoms with Crippen LogP contribution in [0, 0.1) is 0 Å². The molecule has 0 saturated heterocycles. The van der Waals surface area contributed by atoms with Gasteiger partial charge in [-0.15, -0.1) is 0 Å². The van der Waals surface area contributed by atoms with E-state index in [9.17, 15) is 4.79 Å². The average molecular weight is 467 g/mol. The summed E-state index contributed by atoms with van der Waals surface area (Å²) in [6, 6.07) is 26.2. The number of hydrogen-bond donors (Lipinski definition) is 1. The molecule has 1 aromatic heterocycles. The Morgan fingerprint density at radius 2 is 1.69 bits per heavy atom. The fraction of sp³-hybridized carbons (Fsp3) is 0.207. The minimum Gasteiger partial charge on any atom is -0.482 e. The Morgan fingerprint density at radius 3 is 2.37 bits per heavy atom. The first-order valence-electron chi connectivity index (χ1n) is 11.8. The first-order chi connectivity index (χ1) is 17.2. The first-order valence-corrected chi connectivity index (χ1v) is 11.8. The largest absolute Gasteiger partial charge is 0.482 e. The van der Waals surface area contributed by atoms with Gasteiger partial charge in [0.25, 0.3) is 0 Å². The third-order valence-corrected chi connectivity index (χ3v) is 6.23. The van der Waals surface area contributed by atoms with E-state index >= 15 is 0 Å². The molecule has 1 heterocycles. The zero-order chi connectivity index (χ0) is 24.0. The first kappa shape index (κ1) is 22.6. The number of hydrogen-bond acceptors (Lipinski definition) is 5. The molecule has 5 rings (SSSR count). The van der Waals surface area contributed by atoms with Gasteiger partial charge in [0.05, 0.1) is 5.92 Å². The van der Waals surface area contributed by atoms with Crippen molar-refractivity contribution in [3.8, 4) is 5.75 Å². The summed E-state index contributed by atoms with van der Waals surface area (Å²) < 4.78 is 11.3. The lowest BCUT2D eigenvalue weighted by Crippen LogP contribution is -2.12. The highest BCUT2D eigenvalue weighted by atomic mass is 16.5. The number of benzene rings is 3. The van der Waals surface area contributed by atoms with Crippen LogP contribution in [0.5, 0.6) is 5.75 Å². The zero-order valence-electron chi connectivity index (χ0n) is 19.3. The van der Waals surface area contributed by atoms with E-state index in [0.717, 1.165) is 41.5 Å². The van der Waals surface area contributed by atoms with E-state index < -0.39 is 5.97 Å². The van der Waals surface area contributed by atoms with Crippen LogP contribution in [-0.4, -0.2) is 27.8 Å². The van der Waals surface area contributed by atoms with Gasteiger partial charge in [-0.25, -0.2) is 4.79 Å². The van der Waals surface area contributed by atoms with E-state index in [1.54, 1.807) is 0 Å². The Bertz CT molecular complexity index is 1290. The lowest BCUT2D eigenvalue weighted by atomic mass is 9.86. The summed E-state index contributed by atoms with van der Waals surface area (Å²) in [5.41, 5.74) is 5.56. The number of ether oxygens (including phenoxy) is 1. The molecular formula is C29H26N2O4. The fourth-order valence-electron chi connectivity index (χ4n) is 4.65. The zero-order valence-corrected chi connectivity index (χ0v) is 19.3. The third kappa shape index (κ3) is 5.17. The number of carbonyl (C=O) groups is 1. The van der Waals surface area contributed by atoms with Crippen molar-refractivity contribution in [3.63, 3.8) is 0 Å². The topological polar surface area (TPSA) is 85.5 Å². The Balaban J connectivity index is 1.39. The predicted molar refractivity (Wildman–Crippen MR) is 132 cm³/mol. The fourth-order valence-corrected chi connectivity index (χ4v) is 4.65. The van der Waals surface area contributed by atoms with E-state index in [0.29, 0.717) is 23.9 Å². The third-order valence-electron chi connectivity index (χ3n) is 6.23. The Hall–Kier alpha value is -4.19. The van der Waals surface area contributed by atoms with E-state index in [2.05, 4.69) is 41.6 Å². The predicted octanol–water partition coefficient (Wildman–Crippen LogP) is 5.68. The molecule has 0 bridgehead atoms. The van der Waals surface area contributed by atoms with Crippen LogP contribution in [0.4, 0.5) is 0 Å². The van der Waals surface area contributed by atoms with Gasteiger partial charge in [-0.1, -0.05) is 84.0 Å². The second-order valence-electron chi connectivity index (χ2n) is 8.55. The summed E-state index contributed by atoms with van der Waals surface area (Å²) in [6.07, 6.45) is 5.48. The van der Waals surface area contributed by atoms with E-state index in [1.165, 1.54) is 5.57 Å². The summed E-state index contributed by atoms with van der Waals surface area (Å²) in [6.45, 7) is -0.342. The smallest absolute Gasteiger partial charge is 0.341 e. The van der Waals surface area contributed by atoms with Gasteiger partial charge in [0.2, 0.25) is 5.89 Å². The van der Waals surface area contributed by atoms with Gasteiger partial charge < -0.3 is 14.4 Å². The summed E-state index contributed by atoms with van der Waals surface area (Å²) in [7, 11) is 0. The molecule has 1 aliphatic rings. The highest BCUT2D eigenvalue weighted by molar-refractivity contribution is 5.73. The van der Waals surface area contributed by atoms with Gasteiger partial charge in [-0.05, 0) is 47.6 Å². The molecule has 4 aromatic rings. The molecule has 176 valence electrons. The van der Waals surface area contributed by atoms with Gasteiger partial charge >= 0.3 is 5.97 Å². The van der Waals surface area contributed by atoms with Crippen molar-refractivity contribution in [3.05, 3.63) is 119 Å². The minimum atomic E-state index is -0.980. The number of carboxylic acid groups (broad SMARTS) is 1. The summed E-state index contributed by atoms with van der Waals surface area (Å²) in [4.78, 5) is 15.7. The number of rotatable bonds is 8. The molecule has 0 aliphatic heterocycles. The molecule has 1 aliphatic carbocycles. The van der Waals surface area contributed by atoms with Crippen LogP contribution in [0.25, 0.3) is 5.57 Å². The van der Waals surface area contributed by atoms with Crippen LogP contribution in [0.15, 0.2) is 89.5 Å². The number of nitrogens with zero attached hydrogens (tertiary/aromatic N) is 2. The molecule has 6 nitrogen and oxygen atoms in total. The minimum absolute atomic E-state index is 0.129. The van der Waals surface area contributed by atoms with Crippen molar-refractivity contribution >= 4 is 11.5 Å². The maximum atomic E-state index is 10.9. The molecule has 0 amide bonds. The molecule has 1 N–H and O–H groups in total. The Labute approximate surface area is 203 Å². The van der Waals surface area contributed by atoms with Crippen molar-refractivity contribution in [2.45, 2.75) is 31.6 Å². The van der Waals surface area contributed by atoms with E-state index in [-0.39, 0.29) is 12.5 Å². The normalized spacial score (nSPS) is 14.1. The van der Waals surface area contributed by atoms with Crippen molar-refractivity contribution < 1.29 is 19.2 Å². The molecule has 0 saturated carbocycles. The van der Waals surface area contributed by atoms with E-state index in [1.807, 2.05) is 48.5 Å². The highest BCUT2D eigenvalue weighted by Crippen LogP contribution is 2.36. The number of fused-ring (bicyclic) bond motifs is 1. The van der Waals surface area contributed by atoms with Crippen LogP contribution in [0.1, 0.15) is 52.7 Å². The number of aromatic nitrogens is 2. The van der Waals surface area contributed by atoms with Crippen LogP contribution >= 0.6 is 0 Å². The molecule has 0 fully saturated rings. The van der Waals surface area contributed by atoms with Gasteiger partial charge in [0.1, 0.15) is 5.75 Å². The lowest BCUT2D eigenvalue weighted by Gasteiger charge is -2.21. The van der Waals surface area contributed by atoms with Crippen LogP contribution in [0.2, 0.25) is 0 Å². The van der Waals surface area contributed by atoms with Crippen molar-refractivity contribution in [1.82, 2.24) is 10.1 Å². The Morgan fingerprint density at radius 1 is 0.971 bits per heavy atom. The standard InChI is InChI=1S/C29H26N2O4/c32-27(33)19-34-25-16-8-14-23-20(13-7-15-24(23)25)17-18-26-30-29(35-31-26)28(21-9-3-1-4-10-21)22-11-5-2-6-12-22/h1-6,8-12,14,16-17,28H,7,13,15,18-19H2,(H,32,33). The molecule has 35 heavy (non-hydrogen) atoms. The number of allylic oxidation sites excluding steroid dienone is 2. The van der Waals surface area contributed by atoms with Crippen molar-refractivity contribution in [2.75, 3.05) is 6.61 Å². The second kappa shape index (κ2) is 10.4. The van der Waals surface area contributed by atoms with Gasteiger partial charge in [0.15, 0.2) is 12.4 Å². The molecular weight excluding hydrogens is 440 g/mol. The summed E-state index contributed by atoms with van der Waals surface area (Å²) >= 11 is 0. The van der Waals surface area contributed by atoms with Gasteiger partial charge in [-0.3, -0.25) is 0 Å². The van der Waals surface area contributed by atoms with Gasteiger partial charge in [0, 0.05) is 12.0 Å². The molecule has 0 atom stereocenters. The van der Waals surface area contributed by atoms with E-state index in [4.69, 9.17) is 19.4 Å². The Kier molecular flexibility index (Phi) is 6.70.